The molecule has 2 aromatic carbocycles. The maximum absolute atomic E-state index is 10.7. The molecule has 5 rings (SSSR count). The van der Waals surface area contributed by atoms with E-state index in [1.807, 2.05) is 49.5 Å². The van der Waals surface area contributed by atoms with Crippen molar-refractivity contribution in [2.24, 2.45) is 0 Å². The van der Waals surface area contributed by atoms with Gasteiger partial charge in [-0.3, -0.25) is 4.98 Å². The summed E-state index contributed by atoms with van der Waals surface area (Å²) in [6, 6.07) is 13.8. The zero-order valence-electron chi connectivity index (χ0n) is 26.3. The lowest BCUT2D eigenvalue weighted by Gasteiger charge is -2.00. The molecule has 1 atom stereocenters. The lowest BCUT2D eigenvalue weighted by Crippen LogP contribution is -2.11. The smallest absolute Gasteiger partial charge is 0.152 e. The quantitative estimate of drug-likeness (QED) is 0.242. The Morgan fingerprint density at radius 3 is 2.09 bits per heavy atom. The molecule has 4 N–H and O–H groups in total. The van der Waals surface area contributed by atoms with Crippen LogP contribution in [0, 0.1) is 27.7 Å². The SMILES string of the molecule is COCc1ccoc1.COCc1cncs1.CO[C@H]1CCS(=O)(=O)C1.Cc1ccc(N)cc1C.Cc1cccc(N)c1C. The molecule has 1 aliphatic heterocycles. The Hall–Kier alpha value is -3.22. The van der Waals surface area contributed by atoms with E-state index in [1.165, 1.54) is 27.1 Å². The van der Waals surface area contributed by atoms with Gasteiger partial charge in [-0.05, 0) is 80.6 Å². The number of anilines is 2. The average molecular weight is 634 g/mol. The first-order chi connectivity index (χ1) is 20.4. The molecule has 3 heterocycles. The number of benzene rings is 2. The molecule has 2 aromatic heterocycles. The molecular weight excluding hydrogens is 587 g/mol. The Balaban J connectivity index is 0.000000269. The molecule has 0 amide bonds. The fourth-order valence-corrected chi connectivity index (χ4v) is 5.70. The molecule has 0 aliphatic carbocycles. The summed E-state index contributed by atoms with van der Waals surface area (Å²) < 4.78 is 40.8. The number of methoxy groups -OCH3 is 3. The van der Waals surface area contributed by atoms with Crippen molar-refractivity contribution in [2.75, 3.05) is 44.3 Å². The number of furan rings is 1. The molecular formula is C32H47N3O6S2. The highest BCUT2D eigenvalue weighted by Crippen LogP contribution is 2.14. The van der Waals surface area contributed by atoms with Gasteiger partial charge < -0.3 is 30.1 Å². The van der Waals surface area contributed by atoms with Crippen molar-refractivity contribution in [1.29, 1.82) is 0 Å². The van der Waals surface area contributed by atoms with E-state index in [2.05, 4.69) is 31.8 Å². The van der Waals surface area contributed by atoms with Crippen molar-refractivity contribution in [2.45, 2.75) is 53.4 Å². The van der Waals surface area contributed by atoms with Crippen LogP contribution in [-0.2, 0) is 37.3 Å². The first-order valence-corrected chi connectivity index (χ1v) is 16.4. The monoisotopic (exact) mass is 633 g/mol. The second-order valence-corrected chi connectivity index (χ2v) is 13.1. The normalized spacial score (nSPS) is 14.4. The fourth-order valence-electron chi connectivity index (χ4n) is 3.48. The molecule has 0 unspecified atom stereocenters. The number of sulfone groups is 1. The number of hydrogen-bond acceptors (Lipinski definition) is 10. The Kier molecular flexibility index (Phi) is 18.2. The van der Waals surface area contributed by atoms with Crippen LogP contribution in [0.15, 0.2) is 71.1 Å². The molecule has 1 fully saturated rings. The van der Waals surface area contributed by atoms with Gasteiger partial charge in [0.15, 0.2) is 9.84 Å². The summed E-state index contributed by atoms with van der Waals surface area (Å²) in [5, 5.41) is 0. The van der Waals surface area contributed by atoms with Crippen LogP contribution in [0.5, 0.6) is 0 Å². The maximum atomic E-state index is 10.7. The van der Waals surface area contributed by atoms with Crippen LogP contribution in [0.3, 0.4) is 0 Å². The summed E-state index contributed by atoms with van der Waals surface area (Å²) in [7, 11) is 2.15. The van der Waals surface area contributed by atoms with Crippen molar-refractivity contribution in [3.8, 4) is 0 Å². The van der Waals surface area contributed by atoms with Gasteiger partial charge in [-0.25, -0.2) is 8.42 Å². The average Bonchev–Trinajstić information content (AvgIpc) is 3.75. The van der Waals surface area contributed by atoms with E-state index in [-0.39, 0.29) is 11.9 Å². The topological polar surface area (TPSA) is 140 Å². The van der Waals surface area contributed by atoms with Gasteiger partial charge in [0.25, 0.3) is 0 Å². The Morgan fingerprint density at radius 2 is 1.67 bits per heavy atom. The number of hydrogen-bond donors (Lipinski definition) is 2. The van der Waals surface area contributed by atoms with Crippen molar-refractivity contribution >= 4 is 32.5 Å². The molecule has 0 saturated carbocycles. The Morgan fingerprint density at radius 1 is 0.953 bits per heavy atom. The largest absolute Gasteiger partial charge is 0.472 e. The number of aryl methyl sites for hydroxylation is 3. The van der Waals surface area contributed by atoms with E-state index in [9.17, 15) is 8.42 Å². The van der Waals surface area contributed by atoms with E-state index in [4.69, 9.17) is 30.1 Å². The van der Waals surface area contributed by atoms with Gasteiger partial charge in [-0.2, -0.15) is 0 Å². The first kappa shape index (κ1) is 37.8. The molecule has 1 aliphatic rings. The molecule has 9 nitrogen and oxygen atoms in total. The van der Waals surface area contributed by atoms with Gasteiger partial charge in [0, 0.05) is 44.5 Å². The molecule has 0 bridgehead atoms. The summed E-state index contributed by atoms with van der Waals surface area (Å²) in [5.41, 5.74) is 20.8. The van der Waals surface area contributed by atoms with Gasteiger partial charge >= 0.3 is 0 Å². The summed E-state index contributed by atoms with van der Waals surface area (Å²) in [6.07, 6.45) is 5.74. The highest BCUT2D eigenvalue weighted by molar-refractivity contribution is 7.91. The van der Waals surface area contributed by atoms with Crippen LogP contribution in [0.25, 0.3) is 0 Å². The molecule has 0 radical (unpaired) electrons. The number of nitrogens with zero attached hydrogens (tertiary/aromatic N) is 1. The summed E-state index contributed by atoms with van der Waals surface area (Å²) in [4.78, 5) is 5.05. The third-order valence-electron chi connectivity index (χ3n) is 6.36. The number of aromatic nitrogens is 1. The molecule has 4 aromatic rings. The van der Waals surface area contributed by atoms with Gasteiger partial charge in [0.2, 0.25) is 0 Å². The minimum absolute atomic E-state index is 0.0463. The number of thiazole rings is 1. The number of nitrogen functional groups attached to an aromatic ring is 2. The van der Waals surface area contributed by atoms with Crippen LogP contribution in [0.1, 0.15) is 39.1 Å². The third kappa shape index (κ3) is 16.3. The van der Waals surface area contributed by atoms with E-state index in [0.29, 0.717) is 25.4 Å². The second kappa shape index (κ2) is 20.6. The lowest BCUT2D eigenvalue weighted by molar-refractivity contribution is 0.124. The summed E-state index contributed by atoms with van der Waals surface area (Å²) in [5.74, 6) is 0.509. The predicted octanol–water partition coefficient (Wildman–Crippen LogP) is 6.31. The standard InChI is InChI=1S/2C8H11N.C6H8O2.C5H7NOS.C5H10O3S/c1-6-3-4-8(9)5-7(6)2;1-6-4-3-5-8(9)7(6)2;1-7-4-6-2-3-8-5-6;1-7-3-5-2-6-4-8-5;1-8-5-2-3-9(6,7)4-5/h2*3-5H,9H2,1-2H3;2-3,5H,4H2,1H3;2,4H,3H2,1H3;5H,2-4H2,1H3/t;;;;5-/m....0/s1. The highest BCUT2D eigenvalue weighted by atomic mass is 32.2. The van der Waals surface area contributed by atoms with Gasteiger partial charge in [0.1, 0.15) is 0 Å². The number of ether oxygens (including phenoxy) is 3. The van der Waals surface area contributed by atoms with Gasteiger partial charge in [0.05, 0.1) is 53.7 Å². The van der Waals surface area contributed by atoms with Crippen molar-refractivity contribution in [1.82, 2.24) is 4.98 Å². The van der Waals surface area contributed by atoms with Crippen LogP contribution in [-0.4, -0.2) is 52.3 Å². The van der Waals surface area contributed by atoms with Crippen molar-refractivity contribution in [3.63, 3.8) is 0 Å². The zero-order valence-corrected chi connectivity index (χ0v) is 28.0. The van der Waals surface area contributed by atoms with Crippen LogP contribution in [0.4, 0.5) is 11.4 Å². The van der Waals surface area contributed by atoms with Crippen molar-refractivity contribution in [3.05, 3.63) is 99.4 Å². The second-order valence-electron chi connectivity index (χ2n) is 9.86. The highest BCUT2D eigenvalue weighted by Gasteiger charge is 2.27. The minimum Gasteiger partial charge on any atom is -0.472 e. The Bertz CT molecular complexity index is 1340. The molecule has 43 heavy (non-hydrogen) atoms. The van der Waals surface area contributed by atoms with Crippen LogP contribution < -0.4 is 11.5 Å². The molecule has 1 saturated heterocycles. The zero-order chi connectivity index (χ0) is 32.3. The van der Waals surface area contributed by atoms with E-state index < -0.39 is 9.84 Å². The first-order valence-electron chi connectivity index (χ1n) is 13.7. The number of nitrogens with two attached hydrogens (primary N) is 2. The molecule has 238 valence electrons. The van der Waals surface area contributed by atoms with E-state index in [1.54, 1.807) is 50.7 Å². The van der Waals surface area contributed by atoms with Crippen molar-refractivity contribution < 1.29 is 27.0 Å². The lowest BCUT2D eigenvalue weighted by atomic mass is 10.1. The minimum atomic E-state index is -2.73. The van der Waals surface area contributed by atoms with Crippen LogP contribution >= 0.6 is 11.3 Å². The molecule has 0 spiro atoms. The fraction of sp³-hybridized carbons (Fsp3) is 0.406. The number of rotatable bonds is 5. The third-order valence-corrected chi connectivity index (χ3v) is 8.85. The predicted molar refractivity (Wildman–Crippen MR) is 177 cm³/mol. The van der Waals surface area contributed by atoms with Gasteiger partial charge in [-0.1, -0.05) is 18.2 Å². The maximum Gasteiger partial charge on any atom is 0.152 e. The summed E-state index contributed by atoms with van der Waals surface area (Å²) in [6.45, 7) is 9.55. The van der Waals surface area contributed by atoms with Crippen LogP contribution in [0.2, 0.25) is 0 Å². The summed E-state index contributed by atoms with van der Waals surface area (Å²) >= 11 is 1.61. The van der Waals surface area contributed by atoms with E-state index in [0.717, 1.165) is 16.9 Å². The van der Waals surface area contributed by atoms with Gasteiger partial charge in [-0.15, -0.1) is 11.3 Å². The van der Waals surface area contributed by atoms with E-state index >= 15 is 0 Å². The molecule has 11 heteroatoms. The Labute approximate surface area is 261 Å².